The molecule has 0 bridgehead atoms. The number of carbonyl (C=O) groups excluding carboxylic acids is 1. The van der Waals surface area contributed by atoms with Crippen LogP contribution in [0.3, 0.4) is 0 Å². The number of aryl methyl sites for hydroxylation is 1. The summed E-state index contributed by atoms with van der Waals surface area (Å²) in [6.45, 7) is 2.53. The summed E-state index contributed by atoms with van der Waals surface area (Å²) >= 11 is 1.55. The third-order valence-corrected chi connectivity index (χ3v) is 8.49. The number of carboxylic acids is 1. The molecular formula is C33H37N3O4S. The van der Waals surface area contributed by atoms with E-state index in [1.54, 1.807) is 17.4 Å². The number of rotatable bonds is 14. The normalized spacial score (nSPS) is 12.2. The summed E-state index contributed by atoms with van der Waals surface area (Å²) in [5.74, 6) is 0.543. The number of ether oxygens (including phenoxy) is 1. The molecule has 2 aromatic carbocycles. The number of nitrogens with one attached hydrogen (secondary N) is 1. The van der Waals surface area contributed by atoms with Gasteiger partial charge in [0, 0.05) is 29.8 Å². The largest absolute Gasteiger partial charge is 0.481 e. The van der Waals surface area contributed by atoms with E-state index in [2.05, 4.69) is 34.5 Å². The number of carbonyl (C=O) groups is 2. The molecule has 214 valence electrons. The van der Waals surface area contributed by atoms with Gasteiger partial charge in [0.05, 0.1) is 11.4 Å². The second-order valence-electron chi connectivity index (χ2n) is 10.4. The van der Waals surface area contributed by atoms with Crippen LogP contribution in [0.1, 0.15) is 68.2 Å². The third kappa shape index (κ3) is 7.99. The minimum atomic E-state index is -0.724. The number of nitrogens with zero attached hydrogens (tertiary/aromatic N) is 2. The van der Waals surface area contributed by atoms with Gasteiger partial charge in [-0.2, -0.15) is 5.26 Å². The molecule has 0 saturated heterocycles. The molecule has 0 saturated carbocycles. The van der Waals surface area contributed by atoms with Gasteiger partial charge in [0.1, 0.15) is 11.6 Å². The predicted octanol–water partition coefficient (Wildman–Crippen LogP) is 8.22. The second kappa shape index (κ2) is 14.5. The number of thiophene rings is 1. The maximum atomic E-state index is 12.7. The molecule has 1 aliphatic heterocycles. The molecule has 0 aliphatic carbocycles. The fourth-order valence-corrected chi connectivity index (χ4v) is 6.03. The first-order valence-electron chi connectivity index (χ1n) is 14.2. The Hall–Kier alpha value is -4.09. The van der Waals surface area contributed by atoms with Crippen LogP contribution in [0.25, 0.3) is 16.5 Å². The molecule has 0 fully saturated rings. The monoisotopic (exact) mass is 571 g/mol. The highest BCUT2D eigenvalue weighted by atomic mass is 32.1. The summed E-state index contributed by atoms with van der Waals surface area (Å²) in [5.41, 5.74) is 4.16. The number of aliphatic carboxylic acids is 1. The summed E-state index contributed by atoms with van der Waals surface area (Å²) in [6, 6.07) is 18.3. The summed E-state index contributed by atoms with van der Waals surface area (Å²) in [7, 11) is 2.03. The molecule has 0 radical (unpaired) electrons. The van der Waals surface area contributed by atoms with Crippen LogP contribution in [-0.4, -0.2) is 30.6 Å². The second-order valence-corrected chi connectivity index (χ2v) is 11.5. The standard InChI is InChI=1S/C33H37N3O4S/c1-23-19-31(24-16-17-27-29(20-24)40-28-14-11-10-13-26(28)36(27)2)41-30(23)21-25(22-34)33(39)35-18-12-8-6-4-3-5-7-9-15-32(37)38/h10-11,13-14,16-17,19-21H,3-9,12,15,18H2,1-2H3,(H,35,39)(H,37,38)/b25-21+. The zero-order chi connectivity index (χ0) is 29.2. The lowest BCUT2D eigenvalue weighted by atomic mass is 10.1. The van der Waals surface area contributed by atoms with E-state index in [0.717, 1.165) is 95.1 Å². The minimum Gasteiger partial charge on any atom is -0.481 e. The molecular weight excluding hydrogens is 534 g/mol. The van der Waals surface area contributed by atoms with Gasteiger partial charge in [-0.15, -0.1) is 11.3 Å². The number of carboxylic acid groups (broad SMARTS) is 1. The van der Waals surface area contributed by atoms with E-state index in [1.807, 2.05) is 44.3 Å². The van der Waals surface area contributed by atoms with Gasteiger partial charge in [-0.3, -0.25) is 9.59 Å². The lowest BCUT2D eigenvalue weighted by molar-refractivity contribution is -0.137. The van der Waals surface area contributed by atoms with Gasteiger partial charge in [-0.05, 0) is 67.3 Å². The van der Waals surface area contributed by atoms with Crippen molar-refractivity contribution < 1.29 is 19.4 Å². The fraction of sp³-hybridized carbons (Fsp3) is 0.364. The molecule has 0 unspecified atom stereocenters. The van der Waals surface area contributed by atoms with Crippen LogP contribution in [0, 0.1) is 18.3 Å². The topological polar surface area (TPSA) is 103 Å². The number of hydrogen-bond acceptors (Lipinski definition) is 6. The van der Waals surface area contributed by atoms with Crippen LogP contribution in [-0.2, 0) is 9.59 Å². The lowest BCUT2D eigenvalue weighted by Crippen LogP contribution is -2.25. The van der Waals surface area contributed by atoms with E-state index in [9.17, 15) is 14.9 Å². The first-order valence-corrected chi connectivity index (χ1v) is 15.1. The zero-order valence-electron chi connectivity index (χ0n) is 23.7. The number of amides is 1. The van der Waals surface area contributed by atoms with Crippen LogP contribution >= 0.6 is 11.3 Å². The van der Waals surface area contributed by atoms with Crippen molar-refractivity contribution in [3.05, 3.63) is 64.5 Å². The predicted molar refractivity (Wildman–Crippen MR) is 165 cm³/mol. The smallest absolute Gasteiger partial charge is 0.303 e. The van der Waals surface area contributed by atoms with Crippen molar-refractivity contribution in [2.45, 2.75) is 64.7 Å². The average molecular weight is 572 g/mol. The molecule has 2 N–H and O–H groups in total. The fourth-order valence-electron chi connectivity index (χ4n) is 4.92. The van der Waals surface area contributed by atoms with Gasteiger partial charge >= 0.3 is 5.97 Å². The van der Waals surface area contributed by atoms with Crippen molar-refractivity contribution in [1.29, 1.82) is 5.26 Å². The first-order chi connectivity index (χ1) is 19.9. The van der Waals surface area contributed by atoms with E-state index in [1.165, 1.54) is 0 Å². The Morgan fingerprint density at radius 1 is 0.976 bits per heavy atom. The number of para-hydroxylation sites is 2. The Kier molecular flexibility index (Phi) is 10.6. The highest BCUT2D eigenvalue weighted by Crippen LogP contribution is 2.47. The van der Waals surface area contributed by atoms with Gasteiger partial charge in [-0.25, -0.2) is 0 Å². The average Bonchev–Trinajstić information content (AvgIpc) is 3.34. The Morgan fingerprint density at radius 3 is 2.39 bits per heavy atom. The number of fused-ring (bicyclic) bond motifs is 2. The molecule has 2 heterocycles. The molecule has 7 nitrogen and oxygen atoms in total. The SMILES string of the molecule is Cc1cc(-c2ccc3c(c2)Oc2ccccc2N3C)sc1/C=C(\C#N)C(=O)NCCCCCCCCCCC(=O)O. The molecule has 1 aromatic heterocycles. The number of anilines is 2. The molecule has 3 aromatic rings. The van der Waals surface area contributed by atoms with Crippen molar-refractivity contribution in [2.75, 3.05) is 18.5 Å². The molecule has 4 rings (SSSR count). The van der Waals surface area contributed by atoms with E-state index < -0.39 is 5.97 Å². The molecule has 1 aliphatic rings. The Labute approximate surface area is 246 Å². The van der Waals surface area contributed by atoms with Crippen molar-refractivity contribution in [3.8, 4) is 28.0 Å². The summed E-state index contributed by atoms with van der Waals surface area (Å²) in [4.78, 5) is 27.3. The van der Waals surface area contributed by atoms with Gasteiger partial charge in [0.15, 0.2) is 11.5 Å². The summed E-state index contributed by atoms with van der Waals surface area (Å²) in [6.07, 6.45) is 9.91. The van der Waals surface area contributed by atoms with Gasteiger partial charge in [0.2, 0.25) is 0 Å². The molecule has 0 atom stereocenters. The first kappa shape index (κ1) is 29.9. The van der Waals surface area contributed by atoms with Crippen molar-refractivity contribution in [2.24, 2.45) is 0 Å². The van der Waals surface area contributed by atoms with E-state index in [0.29, 0.717) is 6.54 Å². The highest BCUT2D eigenvalue weighted by molar-refractivity contribution is 7.16. The van der Waals surface area contributed by atoms with E-state index in [4.69, 9.17) is 9.84 Å². The Bertz CT molecular complexity index is 1450. The van der Waals surface area contributed by atoms with Gasteiger partial charge in [-0.1, -0.05) is 56.7 Å². The maximum Gasteiger partial charge on any atom is 0.303 e. The Balaban J connectivity index is 1.28. The van der Waals surface area contributed by atoms with Crippen molar-refractivity contribution in [3.63, 3.8) is 0 Å². The summed E-state index contributed by atoms with van der Waals surface area (Å²) in [5, 5.41) is 21.2. The molecule has 0 spiro atoms. The molecule has 8 heteroatoms. The van der Waals surface area contributed by atoms with Crippen LogP contribution in [0.2, 0.25) is 0 Å². The number of benzene rings is 2. The van der Waals surface area contributed by atoms with Crippen molar-refractivity contribution >= 4 is 40.7 Å². The zero-order valence-corrected chi connectivity index (χ0v) is 24.6. The van der Waals surface area contributed by atoms with Crippen LogP contribution < -0.4 is 15.0 Å². The maximum absolute atomic E-state index is 12.7. The Morgan fingerprint density at radius 2 is 1.66 bits per heavy atom. The van der Waals surface area contributed by atoms with Gasteiger partial charge < -0.3 is 20.1 Å². The highest BCUT2D eigenvalue weighted by Gasteiger charge is 2.22. The number of hydrogen-bond donors (Lipinski definition) is 2. The van der Waals surface area contributed by atoms with Crippen LogP contribution in [0.5, 0.6) is 11.5 Å². The van der Waals surface area contributed by atoms with Crippen molar-refractivity contribution in [1.82, 2.24) is 5.32 Å². The minimum absolute atomic E-state index is 0.106. The number of nitriles is 1. The van der Waals surface area contributed by atoms with Crippen LogP contribution in [0.4, 0.5) is 11.4 Å². The van der Waals surface area contributed by atoms with E-state index >= 15 is 0 Å². The number of unbranched alkanes of at least 4 members (excludes halogenated alkanes) is 7. The quantitative estimate of drug-likeness (QED) is 0.115. The van der Waals surface area contributed by atoms with Crippen LogP contribution in [0.15, 0.2) is 54.1 Å². The molecule has 1 amide bonds. The lowest BCUT2D eigenvalue weighted by Gasteiger charge is -2.29. The molecule has 41 heavy (non-hydrogen) atoms. The van der Waals surface area contributed by atoms with Gasteiger partial charge in [0.25, 0.3) is 5.91 Å². The third-order valence-electron chi connectivity index (χ3n) is 7.25. The van der Waals surface area contributed by atoms with E-state index in [-0.39, 0.29) is 17.9 Å². The summed E-state index contributed by atoms with van der Waals surface area (Å²) < 4.78 is 6.19.